The van der Waals surface area contributed by atoms with Crippen LogP contribution in [0.2, 0.25) is 0 Å². The van der Waals surface area contributed by atoms with Gasteiger partial charge in [0.25, 0.3) is 0 Å². The van der Waals surface area contributed by atoms with Crippen LogP contribution in [-0.4, -0.2) is 18.7 Å². The summed E-state index contributed by atoms with van der Waals surface area (Å²) in [6, 6.07) is 2.91. The topological polar surface area (TPSA) is 35.5 Å². The number of ether oxygens (including phenoxy) is 2. The predicted molar refractivity (Wildman–Crippen MR) is 57.7 cm³/mol. The van der Waals surface area contributed by atoms with Crippen LogP contribution in [0.5, 0.6) is 5.75 Å². The van der Waals surface area contributed by atoms with E-state index in [1.807, 2.05) is 0 Å². The second-order valence-electron chi connectivity index (χ2n) is 3.34. The third-order valence-corrected chi connectivity index (χ3v) is 2.08. The summed E-state index contributed by atoms with van der Waals surface area (Å²) in [5, 5.41) is 0. The monoisotopic (exact) mass is 244 g/mol. The maximum absolute atomic E-state index is 13.3. The molecule has 0 saturated carbocycles. The minimum absolute atomic E-state index is 0.161. The highest BCUT2D eigenvalue weighted by Gasteiger charge is 2.21. The Bertz CT molecular complexity index is 393. The van der Waals surface area contributed by atoms with Crippen LogP contribution in [0.4, 0.5) is 8.78 Å². The Morgan fingerprint density at radius 2 is 2.06 bits per heavy atom. The Kier molecular flexibility index (Phi) is 4.87. The number of carbonyl (C=O) groups excluding carboxylic acids is 1. The zero-order chi connectivity index (χ0) is 12.8. The molecule has 0 aliphatic heterocycles. The number of rotatable bonds is 5. The van der Waals surface area contributed by atoms with Gasteiger partial charge in [0.1, 0.15) is 5.82 Å². The molecule has 1 aromatic rings. The molecule has 0 amide bonds. The molecule has 1 atom stereocenters. The molecule has 0 aromatic heterocycles. The van der Waals surface area contributed by atoms with Crippen molar-refractivity contribution in [3.05, 3.63) is 29.8 Å². The van der Waals surface area contributed by atoms with E-state index in [9.17, 15) is 13.6 Å². The Morgan fingerprint density at radius 1 is 1.35 bits per heavy atom. The van der Waals surface area contributed by atoms with E-state index in [1.54, 1.807) is 13.8 Å². The van der Waals surface area contributed by atoms with Crippen LogP contribution in [0, 0.1) is 11.6 Å². The number of hydrogen-bond donors (Lipinski definition) is 0. The van der Waals surface area contributed by atoms with Crippen molar-refractivity contribution in [3.8, 4) is 5.75 Å². The van der Waals surface area contributed by atoms with Gasteiger partial charge in [-0.3, -0.25) is 0 Å². The average Bonchev–Trinajstić information content (AvgIpc) is 2.28. The van der Waals surface area contributed by atoms with Gasteiger partial charge in [-0.05, 0) is 25.5 Å². The lowest BCUT2D eigenvalue weighted by Crippen LogP contribution is -2.29. The lowest BCUT2D eigenvalue weighted by molar-refractivity contribution is -0.151. The molecule has 3 nitrogen and oxygen atoms in total. The summed E-state index contributed by atoms with van der Waals surface area (Å²) in [5.74, 6) is -2.25. The van der Waals surface area contributed by atoms with Crippen molar-refractivity contribution in [3.63, 3.8) is 0 Å². The summed E-state index contributed by atoms with van der Waals surface area (Å²) in [6.45, 7) is 3.61. The molecular weight excluding hydrogens is 230 g/mol. The van der Waals surface area contributed by atoms with Gasteiger partial charge in [0.05, 0.1) is 6.61 Å². The molecular formula is C12H14F2O3. The SMILES string of the molecule is CCOC(=O)[C@@H](CC)Oc1ccc(F)cc1F. The summed E-state index contributed by atoms with van der Waals surface area (Å²) in [4.78, 5) is 11.4. The highest BCUT2D eigenvalue weighted by atomic mass is 19.1. The minimum atomic E-state index is -0.880. The molecule has 0 radical (unpaired) electrons. The molecule has 17 heavy (non-hydrogen) atoms. The van der Waals surface area contributed by atoms with Crippen molar-refractivity contribution in [1.29, 1.82) is 0 Å². The number of hydrogen-bond acceptors (Lipinski definition) is 3. The van der Waals surface area contributed by atoms with Crippen LogP contribution in [-0.2, 0) is 9.53 Å². The van der Waals surface area contributed by atoms with Gasteiger partial charge in [-0.2, -0.15) is 0 Å². The van der Waals surface area contributed by atoms with E-state index in [4.69, 9.17) is 9.47 Å². The van der Waals surface area contributed by atoms with Gasteiger partial charge in [0.15, 0.2) is 17.7 Å². The number of benzene rings is 1. The van der Waals surface area contributed by atoms with Gasteiger partial charge in [-0.25, -0.2) is 13.6 Å². The first-order valence-electron chi connectivity index (χ1n) is 5.36. The van der Waals surface area contributed by atoms with Crippen LogP contribution >= 0.6 is 0 Å². The van der Waals surface area contributed by atoms with Gasteiger partial charge >= 0.3 is 5.97 Å². The largest absolute Gasteiger partial charge is 0.476 e. The molecule has 5 heteroatoms. The second kappa shape index (κ2) is 6.18. The van der Waals surface area contributed by atoms with Crippen molar-refractivity contribution in [2.75, 3.05) is 6.61 Å². The Balaban J connectivity index is 2.77. The Morgan fingerprint density at radius 3 is 2.59 bits per heavy atom. The molecule has 0 N–H and O–H groups in total. The third kappa shape index (κ3) is 3.69. The lowest BCUT2D eigenvalue weighted by Gasteiger charge is -2.16. The molecule has 0 aliphatic carbocycles. The van der Waals surface area contributed by atoms with Gasteiger partial charge in [0.2, 0.25) is 0 Å². The summed E-state index contributed by atoms with van der Waals surface area (Å²) < 4.78 is 35.9. The summed E-state index contributed by atoms with van der Waals surface area (Å²) in [5.41, 5.74) is 0. The van der Waals surface area contributed by atoms with E-state index in [2.05, 4.69) is 0 Å². The first kappa shape index (κ1) is 13.4. The molecule has 0 saturated heterocycles. The molecule has 0 unspecified atom stereocenters. The van der Waals surface area contributed by atoms with E-state index in [1.165, 1.54) is 0 Å². The molecule has 0 heterocycles. The Hall–Kier alpha value is -1.65. The van der Waals surface area contributed by atoms with E-state index in [0.29, 0.717) is 12.5 Å². The van der Waals surface area contributed by atoms with Crippen LogP contribution in [0.1, 0.15) is 20.3 Å². The van der Waals surface area contributed by atoms with E-state index < -0.39 is 23.7 Å². The normalized spacial score (nSPS) is 12.0. The van der Waals surface area contributed by atoms with Gasteiger partial charge in [-0.1, -0.05) is 6.92 Å². The maximum Gasteiger partial charge on any atom is 0.347 e. The predicted octanol–water partition coefficient (Wildman–Crippen LogP) is 2.69. The zero-order valence-electron chi connectivity index (χ0n) is 9.70. The molecule has 1 aromatic carbocycles. The quantitative estimate of drug-likeness (QED) is 0.747. The third-order valence-electron chi connectivity index (χ3n) is 2.08. The van der Waals surface area contributed by atoms with Crippen molar-refractivity contribution >= 4 is 5.97 Å². The Labute approximate surface area is 98.3 Å². The highest BCUT2D eigenvalue weighted by molar-refractivity contribution is 5.75. The van der Waals surface area contributed by atoms with Crippen LogP contribution in [0.25, 0.3) is 0 Å². The van der Waals surface area contributed by atoms with E-state index in [0.717, 1.165) is 12.1 Å². The standard InChI is InChI=1S/C12H14F2O3/c1-3-10(12(15)16-4-2)17-11-6-5-8(13)7-9(11)14/h5-7,10H,3-4H2,1-2H3/t10-/m1/s1. The minimum Gasteiger partial charge on any atom is -0.476 e. The number of esters is 1. The molecule has 94 valence electrons. The fourth-order valence-corrected chi connectivity index (χ4v) is 1.26. The summed E-state index contributed by atoms with van der Waals surface area (Å²) in [7, 11) is 0. The molecule has 0 bridgehead atoms. The highest BCUT2D eigenvalue weighted by Crippen LogP contribution is 2.20. The van der Waals surface area contributed by atoms with Crippen molar-refractivity contribution < 1.29 is 23.0 Å². The van der Waals surface area contributed by atoms with Crippen molar-refractivity contribution in [1.82, 2.24) is 0 Å². The zero-order valence-corrected chi connectivity index (χ0v) is 9.70. The first-order valence-corrected chi connectivity index (χ1v) is 5.36. The van der Waals surface area contributed by atoms with Crippen LogP contribution in [0.3, 0.4) is 0 Å². The number of halogens is 2. The second-order valence-corrected chi connectivity index (χ2v) is 3.34. The van der Waals surface area contributed by atoms with Gasteiger partial charge < -0.3 is 9.47 Å². The average molecular weight is 244 g/mol. The van der Waals surface area contributed by atoms with Gasteiger partial charge in [0, 0.05) is 6.07 Å². The summed E-state index contributed by atoms with van der Waals surface area (Å²) >= 11 is 0. The summed E-state index contributed by atoms with van der Waals surface area (Å²) in [6.07, 6.45) is -0.537. The van der Waals surface area contributed by atoms with E-state index in [-0.39, 0.29) is 12.4 Å². The fraction of sp³-hybridized carbons (Fsp3) is 0.417. The van der Waals surface area contributed by atoms with Gasteiger partial charge in [-0.15, -0.1) is 0 Å². The van der Waals surface area contributed by atoms with Crippen molar-refractivity contribution in [2.45, 2.75) is 26.4 Å². The van der Waals surface area contributed by atoms with Crippen LogP contribution < -0.4 is 4.74 Å². The smallest absolute Gasteiger partial charge is 0.347 e. The van der Waals surface area contributed by atoms with Crippen molar-refractivity contribution in [2.24, 2.45) is 0 Å². The maximum atomic E-state index is 13.3. The lowest BCUT2D eigenvalue weighted by atomic mass is 10.2. The molecule has 0 fully saturated rings. The molecule has 1 rings (SSSR count). The molecule has 0 spiro atoms. The fourth-order valence-electron chi connectivity index (χ4n) is 1.26. The first-order chi connectivity index (χ1) is 8.08. The number of carbonyl (C=O) groups is 1. The van der Waals surface area contributed by atoms with E-state index >= 15 is 0 Å². The van der Waals surface area contributed by atoms with Crippen LogP contribution in [0.15, 0.2) is 18.2 Å². The molecule has 0 aliphatic rings.